The van der Waals surface area contributed by atoms with Gasteiger partial charge in [0, 0.05) is 17.9 Å². The lowest BCUT2D eigenvalue weighted by Gasteiger charge is -2.08. The topological polar surface area (TPSA) is 64.6 Å². The molecule has 0 aliphatic heterocycles. The van der Waals surface area contributed by atoms with E-state index in [1.807, 2.05) is 36.6 Å². The minimum absolute atomic E-state index is 0.230. The predicted octanol–water partition coefficient (Wildman–Crippen LogP) is 3.95. The largest absolute Gasteiger partial charge is 0.494 e. The standard InChI is InChI=1S/C17H19NO4S/c1-4-9-22-13-7-5-12(6-8-13)14-10-23-16(18-11(2)19)15(14)17(20)21-3/h5-8,10H,4,9H2,1-3H3,(H,18,19). The molecule has 122 valence electrons. The van der Waals surface area contributed by atoms with Gasteiger partial charge < -0.3 is 14.8 Å². The highest BCUT2D eigenvalue weighted by molar-refractivity contribution is 7.15. The van der Waals surface area contributed by atoms with Crippen molar-refractivity contribution in [3.8, 4) is 16.9 Å². The summed E-state index contributed by atoms with van der Waals surface area (Å²) < 4.78 is 10.4. The first-order chi connectivity index (χ1) is 11.1. The number of methoxy groups -OCH3 is 1. The van der Waals surface area contributed by atoms with Gasteiger partial charge in [-0.2, -0.15) is 0 Å². The number of rotatable bonds is 6. The number of esters is 1. The zero-order valence-corrected chi connectivity index (χ0v) is 14.2. The highest BCUT2D eigenvalue weighted by atomic mass is 32.1. The predicted molar refractivity (Wildman–Crippen MR) is 91.2 cm³/mol. The van der Waals surface area contributed by atoms with Gasteiger partial charge in [-0.3, -0.25) is 4.79 Å². The van der Waals surface area contributed by atoms with E-state index in [1.54, 1.807) is 0 Å². The van der Waals surface area contributed by atoms with E-state index in [0.717, 1.165) is 23.3 Å². The van der Waals surface area contributed by atoms with Gasteiger partial charge in [-0.25, -0.2) is 4.79 Å². The smallest absolute Gasteiger partial charge is 0.341 e. The summed E-state index contributed by atoms with van der Waals surface area (Å²) in [7, 11) is 1.32. The van der Waals surface area contributed by atoms with E-state index in [-0.39, 0.29) is 5.91 Å². The molecule has 0 atom stereocenters. The molecule has 0 bridgehead atoms. The van der Waals surface area contributed by atoms with E-state index in [9.17, 15) is 9.59 Å². The Balaban J connectivity index is 2.36. The molecule has 5 nitrogen and oxygen atoms in total. The van der Waals surface area contributed by atoms with E-state index < -0.39 is 5.97 Å². The van der Waals surface area contributed by atoms with Crippen LogP contribution in [-0.2, 0) is 9.53 Å². The minimum atomic E-state index is -0.476. The monoisotopic (exact) mass is 333 g/mol. The van der Waals surface area contributed by atoms with Gasteiger partial charge in [0.2, 0.25) is 5.91 Å². The van der Waals surface area contributed by atoms with Crippen LogP contribution in [0, 0.1) is 0 Å². The zero-order valence-electron chi connectivity index (χ0n) is 13.3. The van der Waals surface area contributed by atoms with Crippen LogP contribution in [0.15, 0.2) is 29.6 Å². The number of hydrogen-bond acceptors (Lipinski definition) is 5. The SMILES string of the molecule is CCCOc1ccc(-c2csc(NC(C)=O)c2C(=O)OC)cc1. The lowest BCUT2D eigenvalue weighted by molar-refractivity contribution is -0.114. The molecule has 0 radical (unpaired) electrons. The Hall–Kier alpha value is -2.34. The first-order valence-electron chi connectivity index (χ1n) is 7.27. The molecule has 2 aromatic rings. The number of carbonyl (C=O) groups excluding carboxylic acids is 2. The van der Waals surface area contributed by atoms with Crippen molar-refractivity contribution in [1.29, 1.82) is 0 Å². The fourth-order valence-electron chi connectivity index (χ4n) is 2.08. The number of amides is 1. The second-order valence-electron chi connectivity index (χ2n) is 4.90. The van der Waals surface area contributed by atoms with Crippen LogP contribution in [0.2, 0.25) is 0 Å². The summed E-state index contributed by atoms with van der Waals surface area (Å²) in [6.45, 7) is 4.12. The first-order valence-corrected chi connectivity index (χ1v) is 8.15. The summed E-state index contributed by atoms with van der Waals surface area (Å²) in [5.74, 6) is 0.0794. The van der Waals surface area contributed by atoms with Crippen molar-refractivity contribution in [3.05, 3.63) is 35.2 Å². The van der Waals surface area contributed by atoms with E-state index in [0.29, 0.717) is 17.2 Å². The molecule has 1 amide bonds. The third-order valence-corrected chi connectivity index (χ3v) is 4.00. The van der Waals surface area contributed by atoms with Gasteiger partial charge >= 0.3 is 5.97 Å². The minimum Gasteiger partial charge on any atom is -0.494 e. The average Bonchev–Trinajstić information content (AvgIpc) is 2.95. The van der Waals surface area contributed by atoms with Gasteiger partial charge in [0.15, 0.2) is 0 Å². The molecule has 0 saturated heterocycles. The van der Waals surface area contributed by atoms with Crippen LogP contribution >= 0.6 is 11.3 Å². The van der Waals surface area contributed by atoms with Gasteiger partial charge in [-0.15, -0.1) is 11.3 Å². The van der Waals surface area contributed by atoms with Gasteiger partial charge in [0.05, 0.1) is 13.7 Å². The van der Waals surface area contributed by atoms with E-state index in [4.69, 9.17) is 9.47 Å². The fraction of sp³-hybridized carbons (Fsp3) is 0.294. The number of nitrogens with one attached hydrogen (secondary N) is 1. The number of carbonyl (C=O) groups is 2. The van der Waals surface area contributed by atoms with Crippen molar-refractivity contribution in [2.45, 2.75) is 20.3 Å². The number of hydrogen-bond donors (Lipinski definition) is 1. The van der Waals surface area contributed by atoms with Crippen LogP contribution in [0.3, 0.4) is 0 Å². The Bertz CT molecular complexity index is 691. The van der Waals surface area contributed by atoms with Crippen LogP contribution < -0.4 is 10.1 Å². The summed E-state index contributed by atoms with van der Waals surface area (Å²) in [5.41, 5.74) is 1.96. The van der Waals surface area contributed by atoms with Crippen molar-refractivity contribution < 1.29 is 19.1 Å². The molecule has 0 saturated carbocycles. The van der Waals surface area contributed by atoms with Crippen molar-refractivity contribution in [2.75, 3.05) is 19.0 Å². The Kier molecular flexibility index (Phi) is 5.76. The third kappa shape index (κ3) is 4.10. The fourth-order valence-corrected chi connectivity index (χ4v) is 3.08. The summed E-state index contributed by atoms with van der Waals surface area (Å²) in [6, 6.07) is 7.50. The molecule has 0 aliphatic carbocycles. The lowest BCUT2D eigenvalue weighted by atomic mass is 10.0. The molecule has 1 aromatic heterocycles. The highest BCUT2D eigenvalue weighted by Crippen LogP contribution is 2.36. The number of thiophene rings is 1. The first kappa shape index (κ1) is 17.0. The Labute approximate surface area is 139 Å². The molecule has 23 heavy (non-hydrogen) atoms. The van der Waals surface area contributed by atoms with Gasteiger partial charge in [-0.05, 0) is 24.1 Å². The molecular weight excluding hydrogens is 314 g/mol. The van der Waals surface area contributed by atoms with Crippen molar-refractivity contribution >= 4 is 28.2 Å². The Morgan fingerprint density at radius 3 is 2.48 bits per heavy atom. The van der Waals surface area contributed by atoms with Crippen LogP contribution in [0.5, 0.6) is 5.75 Å². The molecule has 0 unspecified atom stereocenters. The van der Waals surface area contributed by atoms with E-state index in [1.165, 1.54) is 25.4 Å². The summed E-state index contributed by atoms with van der Waals surface area (Å²) >= 11 is 1.30. The van der Waals surface area contributed by atoms with Crippen LogP contribution in [0.4, 0.5) is 5.00 Å². The second kappa shape index (κ2) is 7.78. The molecule has 0 fully saturated rings. The molecule has 0 spiro atoms. The Morgan fingerprint density at radius 2 is 1.91 bits per heavy atom. The number of ether oxygens (including phenoxy) is 2. The van der Waals surface area contributed by atoms with Crippen LogP contribution in [-0.4, -0.2) is 25.6 Å². The maximum atomic E-state index is 12.1. The second-order valence-corrected chi connectivity index (χ2v) is 5.78. The highest BCUT2D eigenvalue weighted by Gasteiger charge is 2.21. The summed E-state index contributed by atoms with van der Waals surface area (Å²) in [6.07, 6.45) is 0.943. The number of anilines is 1. The maximum absolute atomic E-state index is 12.1. The molecular formula is C17H19NO4S. The zero-order chi connectivity index (χ0) is 16.8. The molecule has 1 aromatic carbocycles. The van der Waals surface area contributed by atoms with E-state index in [2.05, 4.69) is 5.32 Å². The summed E-state index contributed by atoms with van der Waals surface area (Å²) in [5, 5.41) is 5.00. The number of benzene rings is 1. The average molecular weight is 333 g/mol. The van der Waals surface area contributed by atoms with Crippen LogP contribution in [0.25, 0.3) is 11.1 Å². The maximum Gasteiger partial charge on any atom is 0.341 e. The van der Waals surface area contributed by atoms with Crippen LogP contribution in [0.1, 0.15) is 30.6 Å². The van der Waals surface area contributed by atoms with Crippen molar-refractivity contribution in [1.82, 2.24) is 0 Å². The Morgan fingerprint density at radius 1 is 1.22 bits per heavy atom. The molecule has 2 rings (SSSR count). The van der Waals surface area contributed by atoms with Crippen molar-refractivity contribution in [2.24, 2.45) is 0 Å². The third-order valence-electron chi connectivity index (χ3n) is 3.11. The summed E-state index contributed by atoms with van der Waals surface area (Å²) in [4.78, 5) is 23.4. The van der Waals surface area contributed by atoms with E-state index >= 15 is 0 Å². The molecule has 1 N–H and O–H groups in total. The van der Waals surface area contributed by atoms with Crippen molar-refractivity contribution in [3.63, 3.8) is 0 Å². The lowest BCUT2D eigenvalue weighted by Crippen LogP contribution is -2.10. The van der Waals surface area contributed by atoms with Gasteiger partial charge in [0.1, 0.15) is 16.3 Å². The van der Waals surface area contributed by atoms with Gasteiger partial charge in [0.25, 0.3) is 0 Å². The quantitative estimate of drug-likeness (QED) is 0.813. The normalized spacial score (nSPS) is 10.2. The van der Waals surface area contributed by atoms with Gasteiger partial charge in [-0.1, -0.05) is 19.1 Å². The molecule has 1 heterocycles. The molecule has 0 aliphatic rings. The molecule has 6 heteroatoms.